The van der Waals surface area contributed by atoms with Crippen LogP contribution in [-0.4, -0.2) is 24.0 Å². The molecule has 2 aromatic carbocycles. The molecule has 3 rings (SSSR count). The van der Waals surface area contributed by atoms with Gasteiger partial charge in [-0.15, -0.1) is 11.3 Å². The minimum absolute atomic E-state index is 0.114. The zero-order chi connectivity index (χ0) is 18.4. The molecule has 3 aromatic rings. The Labute approximate surface area is 154 Å². The highest BCUT2D eigenvalue weighted by Gasteiger charge is 2.25. The summed E-state index contributed by atoms with van der Waals surface area (Å²) in [4.78, 5) is 25.7. The first-order chi connectivity index (χ1) is 12.7. The number of hydrogen-bond acceptors (Lipinski definition) is 5. The maximum absolute atomic E-state index is 12.9. The smallest absolute Gasteiger partial charge is 0.292 e. The highest BCUT2D eigenvalue weighted by Crippen LogP contribution is 2.29. The van der Waals surface area contributed by atoms with E-state index in [1.54, 1.807) is 35.7 Å². The molecule has 0 aliphatic rings. The SMILES string of the molecule is O=C(c1cccs1)N(CCOc1ccccc1)c1ccccc1[N+](=O)[O-]. The van der Waals surface area contributed by atoms with E-state index in [4.69, 9.17) is 4.74 Å². The van der Waals surface area contributed by atoms with Crippen molar-refractivity contribution >= 4 is 28.6 Å². The molecule has 6 nitrogen and oxygen atoms in total. The van der Waals surface area contributed by atoms with Crippen molar-refractivity contribution in [1.82, 2.24) is 0 Å². The quantitative estimate of drug-likeness (QED) is 0.458. The summed E-state index contributed by atoms with van der Waals surface area (Å²) in [5, 5.41) is 13.2. The summed E-state index contributed by atoms with van der Waals surface area (Å²) in [6, 6.07) is 18.9. The van der Waals surface area contributed by atoms with Gasteiger partial charge in [-0.2, -0.15) is 0 Å². The number of benzene rings is 2. The van der Waals surface area contributed by atoms with E-state index < -0.39 is 4.92 Å². The van der Waals surface area contributed by atoms with Crippen molar-refractivity contribution < 1.29 is 14.5 Å². The molecule has 1 aromatic heterocycles. The predicted octanol–water partition coefficient (Wildman–Crippen LogP) is 4.38. The molecule has 0 unspecified atom stereocenters. The van der Waals surface area contributed by atoms with Gasteiger partial charge in [0.15, 0.2) is 0 Å². The molecule has 0 N–H and O–H groups in total. The van der Waals surface area contributed by atoms with Crippen molar-refractivity contribution in [1.29, 1.82) is 0 Å². The van der Waals surface area contributed by atoms with E-state index in [0.29, 0.717) is 10.6 Å². The van der Waals surface area contributed by atoms with Crippen molar-refractivity contribution in [2.24, 2.45) is 0 Å². The molecule has 0 bridgehead atoms. The summed E-state index contributed by atoms with van der Waals surface area (Å²) >= 11 is 1.30. The Bertz CT molecular complexity index is 882. The van der Waals surface area contributed by atoms with Gasteiger partial charge in [0.1, 0.15) is 18.0 Å². The van der Waals surface area contributed by atoms with E-state index in [9.17, 15) is 14.9 Å². The molecule has 0 atom stereocenters. The fourth-order valence-electron chi connectivity index (χ4n) is 2.48. The number of nitro groups is 1. The largest absolute Gasteiger partial charge is 0.492 e. The first kappa shape index (κ1) is 17.6. The van der Waals surface area contributed by atoms with Crippen LogP contribution in [0.2, 0.25) is 0 Å². The zero-order valence-corrected chi connectivity index (χ0v) is 14.6. The minimum Gasteiger partial charge on any atom is -0.492 e. The molecule has 1 amide bonds. The molecule has 132 valence electrons. The maximum Gasteiger partial charge on any atom is 0.292 e. The minimum atomic E-state index is -0.484. The summed E-state index contributed by atoms with van der Waals surface area (Å²) in [7, 11) is 0. The Kier molecular flexibility index (Phi) is 5.60. The lowest BCUT2D eigenvalue weighted by atomic mass is 10.2. The number of carbonyl (C=O) groups is 1. The fraction of sp³-hybridized carbons (Fsp3) is 0.105. The van der Waals surface area contributed by atoms with E-state index in [1.165, 1.54) is 22.3 Å². The molecule has 7 heteroatoms. The lowest BCUT2D eigenvalue weighted by Gasteiger charge is -2.22. The van der Waals surface area contributed by atoms with Gasteiger partial charge in [-0.1, -0.05) is 36.4 Å². The number of nitro benzene ring substituents is 1. The van der Waals surface area contributed by atoms with Gasteiger partial charge in [-0.3, -0.25) is 19.8 Å². The number of para-hydroxylation sites is 3. The normalized spacial score (nSPS) is 10.3. The van der Waals surface area contributed by atoms with Crippen LogP contribution in [0.25, 0.3) is 0 Å². The Morgan fingerprint density at radius 2 is 1.77 bits per heavy atom. The molecule has 0 saturated carbocycles. The lowest BCUT2D eigenvalue weighted by molar-refractivity contribution is -0.384. The maximum atomic E-state index is 12.9. The highest BCUT2D eigenvalue weighted by molar-refractivity contribution is 7.12. The molecule has 0 radical (unpaired) electrons. The number of hydrogen-bond donors (Lipinski definition) is 0. The topological polar surface area (TPSA) is 72.7 Å². The lowest BCUT2D eigenvalue weighted by Crippen LogP contribution is -2.34. The van der Waals surface area contributed by atoms with Gasteiger partial charge in [0.2, 0.25) is 0 Å². The first-order valence-electron chi connectivity index (χ1n) is 7.93. The van der Waals surface area contributed by atoms with Crippen LogP contribution in [0.4, 0.5) is 11.4 Å². The molecule has 0 aliphatic carbocycles. The summed E-state index contributed by atoms with van der Waals surface area (Å²) in [5.41, 5.74) is 0.143. The van der Waals surface area contributed by atoms with Gasteiger partial charge in [0.25, 0.3) is 11.6 Å². The molecule has 0 spiro atoms. The molecular formula is C19H16N2O4S. The number of thiophene rings is 1. The van der Waals surface area contributed by atoms with Crippen molar-refractivity contribution in [2.45, 2.75) is 0 Å². The number of carbonyl (C=O) groups excluding carboxylic acids is 1. The van der Waals surface area contributed by atoms with Crippen LogP contribution in [0, 0.1) is 10.1 Å². The van der Waals surface area contributed by atoms with E-state index >= 15 is 0 Å². The van der Waals surface area contributed by atoms with Crippen LogP contribution in [0.15, 0.2) is 72.1 Å². The zero-order valence-electron chi connectivity index (χ0n) is 13.8. The van der Waals surface area contributed by atoms with E-state index in [0.717, 1.165) is 0 Å². The Morgan fingerprint density at radius 1 is 1.04 bits per heavy atom. The Balaban J connectivity index is 1.85. The summed E-state index contributed by atoms with van der Waals surface area (Å²) in [6.07, 6.45) is 0. The van der Waals surface area contributed by atoms with Gasteiger partial charge in [-0.05, 0) is 29.6 Å². The second-order valence-electron chi connectivity index (χ2n) is 5.34. The molecule has 1 heterocycles. The molecule has 0 fully saturated rings. The number of nitrogens with zero attached hydrogens (tertiary/aromatic N) is 2. The van der Waals surface area contributed by atoms with Crippen molar-refractivity contribution in [3.05, 3.63) is 87.1 Å². The highest BCUT2D eigenvalue weighted by atomic mass is 32.1. The van der Waals surface area contributed by atoms with Gasteiger partial charge in [0, 0.05) is 6.07 Å². The molecule has 0 saturated heterocycles. The van der Waals surface area contributed by atoms with E-state index in [-0.39, 0.29) is 30.4 Å². The van der Waals surface area contributed by atoms with Crippen LogP contribution < -0.4 is 9.64 Å². The monoisotopic (exact) mass is 368 g/mol. The first-order valence-corrected chi connectivity index (χ1v) is 8.81. The summed E-state index contributed by atoms with van der Waals surface area (Å²) in [6.45, 7) is 0.406. The third-order valence-electron chi connectivity index (χ3n) is 3.67. The number of anilines is 1. The van der Waals surface area contributed by atoms with Gasteiger partial charge in [-0.25, -0.2) is 0 Å². The van der Waals surface area contributed by atoms with Gasteiger partial charge >= 0.3 is 0 Å². The average molecular weight is 368 g/mol. The van der Waals surface area contributed by atoms with Crippen molar-refractivity contribution in [2.75, 3.05) is 18.1 Å². The summed E-state index contributed by atoms with van der Waals surface area (Å²) in [5.74, 6) is 0.393. The number of rotatable bonds is 7. The number of amides is 1. The van der Waals surface area contributed by atoms with E-state index in [2.05, 4.69) is 0 Å². The van der Waals surface area contributed by atoms with Gasteiger partial charge in [0.05, 0.1) is 16.3 Å². The third kappa shape index (κ3) is 4.07. The Hall–Kier alpha value is -3.19. The second-order valence-corrected chi connectivity index (χ2v) is 6.29. The van der Waals surface area contributed by atoms with E-state index in [1.807, 2.05) is 30.3 Å². The van der Waals surface area contributed by atoms with Crippen LogP contribution in [0.1, 0.15) is 9.67 Å². The Morgan fingerprint density at radius 3 is 2.46 bits per heavy atom. The van der Waals surface area contributed by atoms with Crippen molar-refractivity contribution in [3.8, 4) is 5.75 Å². The molecule has 26 heavy (non-hydrogen) atoms. The van der Waals surface area contributed by atoms with Gasteiger partial charge < -0.3 is 4.74 Å². The average Bonchev–Trinajstić information content (AvgIpc) is 3.20. The van der Waals surface area contributed by atoms with Crippen LogP contribution >= 0.6 is 11.3 Å². The van der Waals surface area contributed by atoms with Crippen molar-refractivity contribution in [3.63, 3.8) is 0 Å². The third-order valence-corrected chi connectivity index (χ3v) is 4.53. The van der Waals surface area contributed by atoms with Crippen LogP contribution in [-0.2, 0) is 0 Å². The molecule has 0 aliphatic heterocycles. The fourth-order valence-corrected chi connectivity index (χ4v) is 3.15. The van der Waals surface area contributed by atoms with Crippen LogP contribution in [0.5, 0.6) is 5.75 Å². The molecular weight excluding hydrogens is 352 g/mol. The summed E-state index contributed by atoms with van der Waals surface area (Å²) < 4.78 is 5.67. The predicted molar refractivity (Wildman–Crippen MR) is 101 cm³/mol. The number of ether oxygens (including phenoxy) is 1. The second kappa shape index (κ2) is 8.26. The standard InChI is InChI=1S/C19H16N2O4S/c22-19(18-11-6-14-26-18)20(12-13-25-15-7-2-1-3-8-15)16-9-4-5-10-17(16)21(23)24/h1-11,14H,12-13H2. The van der Waals surface area contributed by atoms with Crippen LogP contribution in [0.3, 0.4) is 0 Å².